The molecule has 0 saturated heterocycles. The molecule has 0 unspecified atom stereocenters. The Labute approximate surface area is 141 Å². The lowest BCUT2D eigenvalue weighted by molar-refractivity contribution is 0.0520. The van der Waals surface area contributed by atoms with Gasteiger partial charge < -0.3 is 4.84 Å². The van der Waals surface area contributed by atoms with E-state index in [1.807, 2.05) is 18.4 Å². The van der Waals surface area contributed by atoms with Gasteiger partial charge in [-0.15, -0.1) is 11.3 Å². The molecule has 0 amide bonds. The van der Waals surface area contributed by atoms with E-state index in [9.17, 15) is 4.79 Å². The Morgan fingerprint density at radius 1 is 1.26 bits per heavy atom. The summed E-state index contributed by atoms with van der Waals surface area (Å²) in [4.78, 5) is 17.4. The molecule has 0 radical (unpaired) electrons. The second kappa shape index (κ2) is 6.67. The summed E-state index contributed by atoms with van der Waals surface area (Å²) in [5.41, 5.74) is 3.60. The van der Waals surface area contributed by atoms with Crippen LogP contribution in [-0.4, -0.2) is 11.7 Å². The van der Waals surface area contributed by atoms with Gasteiger partial charge in [-0.05, 0) is 47.8 Å². The van der Waals surface area contributed by atoms with Crippen LogP contribution in [0, 0.1) is 5.92 Å². The van der Waals surface area contributed by atoms with Gasteiger partial charge in [0.25, 0.3) is 0 Å². The van der Waals surface area contributed by atoms with Crippen LogP contribution in [0.15, 0.2) is 46.9 Å². The number of carbonyl (C=O) groups is 1. The van der Waals surface area contributed by atoms with Crippen LogP contribution in [0.25, 0.3) is 0 Å². The summed E-state index contributed by atoms with van der Waals surface area (Å²) >= 11 is 1.36. The molecule has 0 spiro atoms. The molecular weight excluding hydrogens is 306 g/mol. The van der Waals surface area contributed by atoms with E-state index in [-0.39, 0.29) is 5.97 Å². The molecule has 0 bridgehead atoms. The first-order chi connectivity index (χ1) is 11.1. The minimum atomic E-state index is -0.377. The number of benzene rings is 1. The minimum absolute atomic E-state index is 0.377. The van der Waals surface area contributed by atoms with Crippen molar-refractivity contribution in [3.63, 3.8) is 0 Å². The Morgan fingerprint density at radius 2 is 2.00 bits per heavy atom. The molecule has 1 aliphatic rings. The maximum Gasteiger partial charge on any atom is 0.375 e. The fourth-order valence-corrected chi connectivity index (χ4v) is 3.37. The summed E-state index contributed by atoms with van der Waals surface area (Å²) in [6.45, 7) is 6.34. The quantitative estimate of drug-likeness (QED) is 0.430. The summed E-state index contributed by atoms with van der Waals surface area (Å²) in [5, 5.41) is 5.89. The molecule has 120 valence electrons. The van der Waals surface area contributed by atoms with E-state index in [0.29, 0.717) is 22.6 Å². The van der Waals surface area contributed by atoms with Crippen molar-refractivity contribution in [2.24, 2.45) is 11.1 Å². The molecule has 1 aromatic carbocycles. The predicted molar refractivity (Wildman–Crippen MR) is 94.2 cm³/mol. The Hall–Kier alpha value is -1.94. The summed E-state index contributed by atoms with van der Waals surface area (Å²) < 4.78 is 0. The monoisotopic (exact) mass is 327 g/mol. The lowest BCUT2D eigenvalue weighted by Gasteiger charge is -2.06. The van der Waals surface area contributed by atoms with Crippen LogP contribution < -0.4 is 0 Å². The van der Waals surface area contributed by atoms with Crippen molar-refractivity contribution in [3.05, 3.63) is 57.8 Å². The molecule has 2 aromatic rings. The lowest BCUT2D eigenvalue weighted by Crippen LogP contribution is -2.03. The van der Waals surface area contributed by atoms with Gasteiger partial charge in [0, 0.05) is 5.92 Å². The van der Waals surface area contributed by atoms with Crippen molar-refractivity contribution < 1.29 is 9.63 Å². The minimum Gasteiger partial charge on any atom is -0.312 e. The molecule has 4 heteroatoms. The normalized spacial score (nSPS) is 20.6. The zero-order chi connectivity index (χ0) is 16.4. The average Bonchev–Trinajstić information content (AvgIpc) is 3.17. The highest BCUT2D eigenvalue weighted by Gasteiger charge is 2.40. The van der Waals surface area contributed by atoms with Gasteiger partial charge in [0.2, 0.25) is 0 Å². The number of hydrogen-bond donors (Lipinski definition) is 0. The first-order valence-corrected chi connectivity index (χ1v) is 8.83. The van der Waals surface area contributed by atoms with Crippen LogP contribution in [-0.2, 0) is 4.84 Å². The van der Waals surface area contributed by atoms with Gasteiger partial charge in [0.1, 0.15) is 4.88 Å². The third-order valence-corrected chi connectivity index (χ3v) is 5.20. The second-order valence-electron chi connectivity index (χ2n) is 6.36. The summed E-state index contributed by atoms with van der Waals surface area (Å²) in [6, 6.07) is 12.4. The highest BCUT2D eigenvalue weighted by molar-refractivity contribution is 7.11. The molecule has 1 aromatic heterocycles. The highest BCUT2D eigenvalue weighted by atomic mass is 32.1. The first-order valence-electron chi connectivity index (χ1n) is 7.95. The zero-order valence-corrected chi connectivity index (χ0v) is 14.5. The van der Waals surface area contributed by atoms with E-state index in [2.05, 4.69) is 43.3 Å². The fraction of sp³-hybridized carbons (Fsp3) is 0.368. The molecule has 0 aliphatic heterocycles. The first kappa shape index (κ1) is 15.9. The molecule has 3 rings (SSSR count). The van der Waals surface area contributed by atoms with Gasteiger partial charge in [0.05, 0.1) is 5.71 Å². The largest absolute Gasteiger partial charge is 0.375 e. The Bertz CT molecular complexity index is 701. The van der Waals surface area contributed by atoms with Crippen molar-refractivity contribution in [2.45, 2.75) is 39.0 Å². The molecule has 1 aliphatic carbocycles. The van der Waals surface area contributed by atoms with Crippen molar-refractivity contribution in [3.8, 4) is 0 Å². The number of nitrogens with zero attached hydrogens (tertiary/aromatic N) is 1. The molecule has 0 N–H and O–H groups in total. The van der Waals surface area contributed by atoms with Gasteiger partial charge >= 0.3 is 5.97 Å². The van der Waals surface area contributed by atoms with Crippen molar-refractivity contribution in [1.82, 2.24) is 0 Å². The van der Waals surface area contributed by atoms with Gasteiger partial charge in [-0.25, -0.2) is 4.79 Å². The standard InChI is InChI=1S/C19H21NO2S/c1-12(2)14-6-8-15(9-7-14)17-11-16(17)13(3)20-22-19(21)18-5-4-10-23-18/h4-10,12,16-17H,11H2,1-3H3/b20-13-/t16-,17-/m0/s1. The van der Waals surface area contributed by atoms with E-state index in [4.69, 9.17) is 4.84 Å². The van der Waals surface area contributed by atoms with Gasteiger partial charge in [-0.1, -0.05) is 49.3 Å². The zero-order valence-electron chi connectivity index (χ0n) is 13.7. The molecule has 3 nitrogen and oxygen atoms in total. The summed E-state index contributed by atoms with van der Waals surface area (Å²) in [7, 11) is 0. The van der Waals surface area contributed by atoms with Crippen molar-refractivity contribution in [1.29, 1.82) is 0 Å². The van der Waals surface area contributed by atoms with Gasteiger partial charge in [0.15, 0.2) is 0 Å². The third kappa shape index (κ3) is 3.70. The van der Waals surface area contributed by atoms with E-state index < -0.39 is 0 Å². The van der Waals surface area contributed by atoms with Gasteiger partial charge in [-0.3, -0.25) is 0 Å². The highest BCUT2D eigenvalue weighted by Crippen LogP contribution is 2.48. The second-order valence-corrected chi connectivity index (χ2v) is 7.31. The molecule has 1 heterocycles. The van der Waals surface area contributed by atoms with E-state index in [1.165, 1.54) is 22.5 Å². The number of hydrogen-bond acceptors (Lipinski definition) is 4. The Morgan fingerprint density at radius 3 is 2.61 bits per heavy atom. The van der Waals surface area contributed by atoms with Gasteiger partial charge in [-0.2, -0.15) is 0 Å². The fourth-order valence-electron chi connectivity index (χ4n) is 2.77. The topological polar surface area (TPSA) is 38.7 Å². The molecule has 23 heavy (non-hydrogen) atoms. The van der Waals surface area contributed by atoms with E-state index in [1.54, 1.807) is 6.07 Å². The smallest absolute Gasteiger partial charge is 0.312 e. The number of rotatable bonds is 5. The number of thiophene rings is 1. The van der Waals surface area contributed by atoms with Crippen molar-refractivity contribution in [2.75, 3.05) is 0 Å². The third-order valence-electron chi connectivity index (χ3n) is 4.35. The average molecular weight is 327 g/mol. The molecular formula is C19H21NO2S. The van der Waals surface area contributed by atoms with Crippen molar-refractivity contribution >= 4 is 23.0 Å². The maximum absolute atomic E-state index is 11.8. The number of oxime groups is 1. The van der Waals surface area contributed by atoms with E-state index in [0.717, 1.165) is 12.1 Å². The number of carbonyl (C=O) groups excluding carboxylic acids is 1. The van der Waals surface area contributed by atoms with Crippen LogP contribution in [0.3, 0.4) is 0 Å². The summed E-state index contributed by atoms with van der Waals surface area (Å²) in [6.07, 6.45) is 1.08. The summed E-state index contributed by atoms with van der Waals surface area (Å²) in [5.74, 6) is 1.06. The van der Waals surface area contributed by atoms with Crippen LogP contribution in [0.4, 0.5) is 0 Å². The van der Waals surface area contributed by atoms with Crippen LogP contribution in [0.1, 0.15) is 59.8 Å². The van der Waals surface area contributed by atoms with Crippen LogP contribution in [0.2, 0.25) is 0 Å². The molecule has 1 fully saturated rings. The molecule has 2 atom stereocenters. The SMILES string of the molecule is C/C(=N/OC(=O)c1cccs1)[C@@H]1C[C@H]1c1ccc(C(C)C)cc1. The maximum atomic E-state index is 11.8. The molecule has 1 saturated carbocycles. The van der Waals surface area contributed by atoms with Crippen LogP contribution >= 0.6 is 11.3 Å². The van der Waals surface area contributed by atoms with E-state index >= 15 is 0 Å². The van der Waals surface area contributed by atoms with Crippen LogP contribution in [0.5, 0.6) is 0 Å². The Kier molecular flexibility index (Phi) is 4.62. The lowest BCUT2D eigenvalue weighted by atomic mass is 9.99. The predicted octanol–water partition coefficient (Wildman–Crippen LogP) is 5.21. The Balaban J connectivity index is 1.59.